The Labute approximate surface area is 107 Å². The van der Waals surface area contributed by atoms with Crippen molar-refractivity contribution >= 4 is 10.1 Å². The van der Waals surface area contributed by atoms with Gasteiger partial charge in [-0.15, -0.1) is 0 Å². The van der Waals surface area contributed by atoms with Crippen molar-refractivity contribution in [1.29, 1.82) is 0 Å². The largest absolute Gasteiger partial charge is 0.378 e. The van der Waals surface area contributed by atoms with Crippen molar-refractivity contribution in [3.63, 3.8) is 0 Å². The first kappa shape index (κ1) is 12.1. The van der Waals surface area contributed by atoms with E-state index in [0.717, 1.165) is 18.4 Å². The summed E-state index contributed by atoms with van der Waals surface area (Å²) in [6.45, 7) is 2.78. The van der Waals surface area contributed by atoms with E-state index in [1.54, 1.807) is 24.3 Å². The minimum atomic E-state index is -3.63. The standard InChI is InChI=1S/C13H16O4S/c1-10-2-4-12(5-3-10)18(14,15)17-9-13-6-11(7-13)16-8-13/h2-5,11H,6-9H2,1H3. The Kier molecular flexibility index (Phi) is 2.73. The maximum atomic E-state index is 12.0. The molecule has 18 heavy (non-hydrogen) atoms. The molecule has 2 heterocycles. The second-order valence-electron chi connectivity index (χ2n) is 5.37. The summed E-state index contributed by atoms with van der Waals surface area (Å²) in [4.78, 5) is 0.222. The van der Waals surface area contributed by atoms with E-state index in [2.05, 4.69) is 0 Å². The van der Waals surface area contributed by atoms with E-state index in [-0.39, 0.29) is 16.9 Å². The number of hydrogen-bond acceptors (Lipinski definition) is 4. The molecule has 5 heteroatoms. The Balaban J connectivity index is 1.69. The fraction of sp³-hybridized carbons (Fsp3) is 0.538. The summed E-state index contributed by atoms with van der Waals surface area (Å²) >= 11 is 0. The van der Waals surface area contributed by atoms with Crippen molar-refractivity contribution in [2.24, 2.45) is 5.41 Å². The number of rotatable bonds is 4. The number of ether oxygens (including phenoxy) is 1. The van der Waals surface area contributed by atoms with Crippen LogP contribution < -0.4 is 0 Å². The van der Waals surface area contributed by atoms with Gasteiger partial charge in [0.15, 0.2) is 0 Å². The average molecular weight is 268 g/mol. The molecule has 0 radical (unpaired) electrons. The molecule has 0 aromatic heterocycles. The van der Waals surface area contributed by atoms with Crippen molar-refractivity contribution < 1.29 is 17.3 Å². The quantitative estimate of drug-likeness (QED) is 0.782. The molecular formula is C13H16O4S. The van der Waals surface area contributed by atoms with Gasteiger partial charge < -0.3 is 4.74 Å². The monoisotopic (exact) mass is 268 g/mol. The SMILES string of the molecule is Cc1ccc(S(=O)(=O)OCC23COC(C2)C3)cc1. The van der Waals surface area contributed by atoms with Gasteiger partial charge in [-0.3, -0.25) is 4.18 Å². The first-order chi connectivity index (χ1) is 8.49. The van der Waals surface area contributed by atoms with Gasteiger partial charge >= 0.3 is 0 Å². The molecule has 4 rings (SSSR count). The number of aryl methyl sites for hydroxylation is 1. The van der Waals surface area contributed by atoms with E-state index in [1.807, 2.05) is 6.92 Å². The van der Waals surface area contributed by atoms with E-state index >= 15 is 0 Å². The Bertz CT molecular complexity index is 535. The molecule has 1 aliphatic carbocycles. The first-order valence-corrected chi connectivity index (χ1v) is 7.48. The lowest BCUT2D eigenvalue weighted by Gasteiger charge is -2.34. The zero-order valence-corrected chi connectivity index (χ0v) is 11.1. The molecule has 3 aliphatic rings. The van der Waals surface area contributed by atoms with Crippen LogP contribution in [-0.2, 0) is 19.0 Å². The van der Waals surface area contributed by atoms with Crippen LogP contribution in [0.1, 0.15) is 18.4 Å². The van der Waals surface area contributed by atoms with Crippen molar-refractivity contribution in [1.82, 2.24) is 0 Å². The molecule has 2 aliphatic heterocycles. The molecule has 0 N–H and O–H groups in total. The summed E-state index contributed by atoms with van der Waals surface area (Å²) in [5.74, 6) is 0. The van der Waals surface area contributed by atoms with Crippen LogP contribution in [0.15, 0.2) is 29.2 Å². The summed E-state index contributed by atoms with van der Waals surface area (Å²) in [6.07, 6.45) is 2.18. The van der Waals surface area contributed by atoms with E-state index in [1.165, 1.54) is 0 Å². The van der Waals surface area contributed by atoms with Crippen LogP contribution in [0.5, 0.6) is 0 Å². The van der Waals surface area contributed by atoms with Crippen molar-refractivity contribution in [3.05, 3.63) is 29.8 Å². The van der Waals surface area contributed by atoms with Gasteiger partial charge in [0, 0.05) is 5.41 Å². The Morgan fingerprint density at radius 1 is 1.33 bits per heavy atom. The van der Waals surface area contributed by atoms with Gasteiger partial charge in [-0.1, -0.05) is 17.7 Å². The van der Waals surface area contributed by atoms with Crippen LogP contribution in [0.3, 0.4) is 0 Å². The summed E-state index contributed by atoms with van der Waals surface area (Å²) in [5, 5.41) is 0. The van der Waals surface area contributed by atoms with Crippen LogP contribution in [0.2, 0.25) is 0 Å². The van der Waals surface area contributed by atoms with Crippen molar-refractivity contribution in [2.45, 2.75) is 30.8 Å². The molecule has 1 saturated carbocycles. The summed E-state index contributed by atoms with van der Waals surface area (Å²) in [5.41, 5.74) is 0.973. The molecule has 98 valence electrons. The van der Waals surface area contributed by atoms with Gasteiger partial charge in [0.05, 0.1) is 24.2 Å². The molecule has 0 atom stereocenters. The van der Waals surface area contributed by atoms with Gasteiger partial charge in [0.1, 0.15) is 0 Å². The Morgan fingerprint density at radius 2 is 2.00 bits per heavy atom. The van der Waals surface area contributed by atoms with Crippen LogP contribution in [0.25, 0.3) is 0 Å². The molecular weight excluding hydrogens is 252 g/mol. The maximum absolute atomic E-state index is 12.0. The van der Waals surface area contributed by atoms with Crippen LogP contribution >= 0.6 is 0 Å². The molecule has 3 fully saturated rings. The van der Waals surface area contributed by atoms with Crippen molar-refractivity contribution in [2.75, 3.05) is 13.2 Å². The predicted octanol–water partition coefficient (Wildman–Crippen LogP) is 1.88. The van der Waals surface area contributed by atoms with Crippen LogP contribution in [0.4, 0.5) is 0 Å². The highest BCUT2D eigenvalue weighted by Gasteiger charge is 2.52. The minimum Gasteiger partial charge on any atom is -0.378 e. The average Bonchev–Trinajstić information content (AvgIpc) is 2.86. The second-order valence-corrected chi connectivity index (χ2v) is 6.99. The first-order valence-electron chi connectivity index (χ1n) is 6.07. The zero-order valence-electron chi connectivity index (χ0n) is 10.3. The Morgan fingerprint density at radius 3 is 2.56 bits per heavy atom. The van der Waals surface area contributed by atoms with Crippen molar-refractivity contribution in [3.8, 4) is 0 Å². The van der Waals surface area contributed by atoms with E-state index in [0.29, 0.717) is 12.7 Å². The van der Waals surface area contributed by atoms with Crippen LogP contribution in [0, 0.1) is 12.3 Å². The van der Waals surface area contributed by atoms with Crippen LogP contribution in [-0.4, -0.2) is 27.7 Å². The van der Waals surface area contributed by atoms with Gasteiger partial charge in [0.2, 0.25) is 0 Å². The molecule has 0 amide bonds. The maximum Gasteiger partial charge on any atom is 0.296 e. The molecule has 0 unspecified atom stereocenters. The summed E-state index contributed by atoms with van der Waals surface area (Å²) < 4.78 is 34.6. The topological polar surface area (TPSA) is 52.6 Å². The lowest BCUT2D eigenvalue weighted by atomic mass is 9.71. The van der Waals surface area contributed by atoms with Gasteiger partial charge in [-0.05, 0) is 31.9 Å². The molecule has 2 bridgehead atoms. The lowest BCUT2D eigenvalue weighted by molar-refractivity contribution is 0.0844. The predicted molar refractivity (Wildman–Crippen MR) is 65.7 cm³/mol. The second kappa shape index (κ2) is 4.05. The highest BCUT2D eigenvalue weighted by Crippen LogP contribution is 2.50. The zero-order chi connectivity index (χ0) is 12.8. The lowest BCUT2D eigenvalue weighted by Crippen LogP contribution is -2.37. The molecule has 1 aromatic rings. The summed E-state index contributed by atoms with van der Waals surface area (Å²) in [7, 11) is -3.63. The number of benzene rings is 1. The third kappa shape index (κ3) is 2.06. The number of hydrogen-bond donors (Lipinski definition) is 0. The fourth-order valence-electron chi connectivity index (χ4n) is 2.57. The van der Waals surface area contributed by atoms with E-state index in [4.69, 9.17) is 8.92 Å². The van der Waals surface area contributed by atoms with Gasteiger partial charge in [0.25, 0.3) is 10.1 Å². The Hall–Kier alpha value is -0.910. The highest BCUT2D eigenvalue weighted by molar-refractivity contribution is 7.86. The normalized spacial score (nSPS) is 30.2. The fourth-order valence-corrected chi connectivity index (χ4v) is 3.58. The third-order valence-electron chi connectivity index (χ3n) is 3.78. The molecule has 2 saturated heterocycles. The van der Waals surface area contributed by atoms with Gasteiger partial charge in [-0.25, -0.2) is 0 Å². The third-order valence-corrected chi connectivity index (χ3v) is 5.05. The smallest absolute Gasteiger partial charge is 0.296 e. The van der Waals surface area contributed by atoms with E-state index in [9.17, 15) is 8.42 Å². The van der Waals surface area contributed by atoms with Gasteiger partial charge in [-0.2, -0.15) is 8.42 Å². The van der Waals surface area contributed by atoms with E-state index < -0.39 is 10.1 Å². The molecule has 4 nitrogen and oxygen atoms in total. The molecule has 1 aromatic carbocycles. The minimum absolute atomic E-state index is 0.0531. The molecule has 0 spiro atoms. The summed E-state index contributed by atoms with van der Waals surface area (Å²) in [6, 6.07) is 6.70. The number of fused-ring (bicyclic) bond motifs is 1. The highest BCUT2D eigenvalue weighted by atomic mass is 32.2.